The van der Waals surface area contributed by atoms with Crippen molar-refractivity contribution in [2.75, 3.05) is 16.8 Å². The molecule has 8 heteroatoms. The van der Waals surface area contributed by atoms with Gasteiger partial charge in [-0.2, -0.15) is 0 Å². The largest absolute Gasteiger partial charge is 0.452 e. The molecule has 1 saturated heterocycles. The van der Waals surface area contributed by atoms with Crippen molar-refractivity contribution in [3.63, 3.8) is 0 Å². The maximum atomic E-state index is 13.6. The van der Waals surface area contributed by atoms with E-state index in [1.165, 1.54) is 22.6 Å². The van der Waals surface area contributed by atoms with E-state index in [0.717, 1.165) is 12.8 Å². The van der Waals surface area contributed by atoms with Gasteiger partial charge in [-0.25, -0.2) is 4.79 Å². The van der Waals surface area contributed by atoms with Crippen molar-refractivity contribution in [2.24, 2.45) is 23.7 Å². The van der Waals surface area contributed by atoms with Crippen molar-refractivity contribution < 1.29 is 23.9 Å². The van der Waals surface area contributed by atoms with Gasteiger partial charge in [-0.1, -0.05) is 54.1 Å². The third-order valence-corrected chi connectivity index (χ3v) is 8.87. The number of benzene rings is 3. The number of halogens is 1. The summed E-state index contributed by atoms with van der Waals surface area (Å²) in [4.78, 5) is 53.4. The van der Waals surface area contributed by atoms with Gasteiger partial charge in [0.1, 0.15) is 0 Å². The van der Waals surface area contributed by atoms with Crippen molar-refractivity contribution in [3.8, 4) is 0 Å². The zero-order valence-electron chi connectivity index (χ0n) is 21.3. The number of imide groups is 1. The lowest BCUT2D eigenvalue weighted by molar-refractivity contribution is -0.123. The van der Waals surface area contributed by atoms with Crippen LogP contribution in [0, 0.1) is 30.6 Å². The molecule has 3 aromatic rings. The number of ether oxygens (including phenoxy) is 1. The molecule has 3 aromatic carbocycles. The van der Waals surface area contributed by atoms with Crippen LogP contribution in [0.2, 0.25) is 5.02 Å². The van der Waals surface area contributed by atoms with Gasteiger partial charge in [-0.05, 0) is 79.0 Å². The molecule has 2 bridgehead atoms. The molecule has 39 heavy (non-hydrogen) atoms. The number of fused-ring (bicyclic) bond motifs is 5. The Bertz CT molecular complexity index is 1490. The highest BCUT2D eigenvalue weighted by molar-refractivity contribution is 6.31. The van der Waals surface area contributed by atoms with E-state index in [9.17, 15) is 19.2 Å². The number of esters is 1. The molecule has 0 unspecified atom stereocenters. The SMILES string of the molecule is Cc1c(Cl)cccc1NC(=O)COC(=O)c1cccc(N2C(=O)[C@@H]3[C@@H]4C[C@@H]([C@H]3C2=O)[C@H](c2ccccc2)C4)c1. The number of rotatable bonds is 6. The average Bonchev–Trinajstić information content (AvgIpc) is 3.61. The summed E-state index contributed by atoms with van der Waals surface area (Å²) < 4.78 is 5.21. The Morgan fingerprint density at radius 2 is 1.69 bits per heavy atom. The van der Waals surface area contributed by atoms with Crippen LogP contribution in [0.15, 0.2) is 72.8 Å². The first-order valence-corrected chi connectivity index (χ1v) is 13.5. The van der Waals surface area contributed by atoms with E-state index in [2.05, 4.69) is 17.4 Å². The Balaban J connectivity index is 1.14. The van der Waals surface area contributed by atoms with E-state index in [0.29, 0.717) is 22.0 Å². The van der Waals surface area contributed by atoms with Gasteiger partial charge in [0.15, 0.2) is 6.61 Å². The van der Waals surface area contributed by atoms with E-state index in [4.69, 9.17) is 16.3 Å². The van der Waals surface area contributed by atoms with Gasteiger partial charge in [0.05, 0.1) is 23.1 Å². The summed E-state index contributed by atoms with van der Waals surface area (Å²) >= 11 is 6.09. The Kier molecular flexibility index (Phi) is 6.47. The molecule has 2 saturated carbocycles. The summed E-state index contributed by atoms with van der Waals surface area (Å²) in [5.74, 6) is -1.67. The zero-order chi connectivity index (χ0) is 27.3. The highest BCUT2D eigenvalue weighted by atomic mass is 35.5. The number of nitrogens with zero attached hydrogens (tertiary/aromatic N) is 1. The number of hydrogen-bond donors (Lipinski definition) is 1. The second kappa shape index (κ2) is 9.97. The second-order valence-corrected chi connectivity index (χ2v) is 11.0. The number of nitrogens with one attached hydrogen (secondary N) is 1. The van der Waals surface area contributed by atoms with Gasteiger partial charge in [0, 0.05) is 10.7 Å². The first-order chi connectivity index (χ1) is 18.8. The highest BCUT2D eigenvalue weighted by Gasteiger charge is 2.64. The molecule has 198 valence electrons. The van der Waals surface area contributed by atoms with Crippen LogP contribution >= 0.6 is 11.6 Å². The summed E-state index contributed by atoms with van der Waals surface area (Å²) in [5, 5.41) is 3.19. The summed E-state index contributed by atoms with van der Waals surface area (Å²) in [5.41, 5.74) is 2.97. The van der Waals surface area contributed by atoms with Crippen molar-refractivity contribution >= 4 is 46.7 Å². The Morgan fingerprint density at radius 1 is 0.949 bits per heavy atom. The number of amides is 3. The lowest BCUT2D eigenvalue weighted by atomic mass is 9.73. The van der Waals surface area contributed by atoms with Crippen LogP contribution in [0.5, 0.6) is 0 Å². The van der Waals surface area contributed by atoms with Crippen molar-refractivity contribution in [2.45, 2.75) is 25.7 Å². The third kappa shape index (κ3) is 4.40. The van der Waals surface area contributed by atoms with Crippen LogP contribution in [-0.2, 0) is 19.1 Å². The van der Waals surface area contributed by atoms with Gasteiger partial charge < -0.3 is 10.1 Å². The van der Waals surface area contributed by atoms with Crippen LogP contribution in [-0.4, -0.2) is 30.3 Å². The molecule has 1 heterocycles. The van der Waals surface area contributed by atoms with Gasteiger partial charge in [0.25, 0.3) is 5.91 Å². The van der Waals surface area contributed by atoms with Crippen LogP contribution in [0.25, 0.3) is 0 Å². The number of hydrogen-bond acceptors (Lipinski definition) is 5. The number of carbonyl (C=O) groups is 4. The van der Waals surface area contributed by atoms with E-state index in [1.54, 1.807) is 37.3 Å². The second-order valence-electron chi connectivity index (χ2n) is 10.6. The average molecular weight is 543 g/mol. The highest BCUT2D eigenvalue weighted by Crippen LogP contribution is 2.61. The van der Waals surface area contributed by atoms with Crippen LogP contribution < -0.4 is 10.2 Å². The molecule has 6 rings (SSSR count). The number of anilines is 2. The summed E-state index contributed by atoms with van der Waals surface area (Å²) in [7, 11) is 0. The fourth-order valence-electron chi connectivity index (χ4n) is 6.71. The van der Waals surface area contributed by atoms with E-state index in [-0.39, 0.29) is 47.0 Å². The molecular weight excluding hydrogens is 516 g/mol. The van der Waals surface area contributed by atoms with Crippen molar-refractivity contribution in [1.82, 2.24) is 0 Å². The standard InChI is InChI=1S/C31H27ClN2O5/c1-17-24(32)11-6-12-25(17)33-26(35)16-39-31(38)19-9-5-10-21(13-19)34-29(36)27-20-14-22(18-7-3-2-4-8-18)23(15-20)28(27)30(34)37/h2-13,20,22-23,27-28H,14-16H2,1H3,(H,33,35)/t20-,22-,23+,27+,28+/m0/s1. The number of carbonyl (C=O) groups excluding carboxylic acids is 4. The van der Waals surface area contributed by atoms with E-state index < -0.39 is 18.5 Å². The lowest BCUT2D eigenvalue weighted by Crippen LogP contribution is -2.33. The maximum absolute atomic E-state index is 13.6. The minimum atomic E-state index is -0.724. The first-order valence-electron chi connectivity index (χ1n) is 13.1. The molecule has 2 aliphatic carbocycles. The van der Waals surface area contributed by atoms with E-state index >= 15 is 0 Å². The molecule has 3 amide bonds. The summed E-state index contributed by atoms with van der Waals surface area (Å²) in [6.45, 7) is 1.28. The molecule has 3 aliphatic rings. The molecule has 5 atom stereocenters. The van der Waals surface area contributed by atoms with Crippen LogP contribution in [0.1, 0.15) is 40.2 Å². The topological polar surface area (TPSA) is 92.8 Å². The van der Waals surface area contributed by atoms with Gasteiger partial charge in [-0.3, -0.25) is 19.3 Å². The molecular formula is C31H27ClN2O5. The normalized spacial score (nSPS) is 25.1. The molecule has 0 aromatic heterocycles. The molecule has 7 nitrogen and oxygen atoms in total. The van der Waals surface area contributed by atoms with Gasteiger partial charge in [0.2, 0.25) is 11.8 Å². The fourth-order valence-corrected chi connectivity index (χ4v) is 6.89. The third-order valence-electron chi connectivity index (χ3n) is 8.46. The quantitative estimate of drug-likeness (QED) is 0.334. The Labute approximate surface area is 231 Å². The maximum Gasteiger partial charge on any atom is 0.338 e. The minimum absolute atomic E-state index is 0.138. The van der Waals surface area contributed by atoms with Gasteiger partial charge in [-0.15, -0.1) is 0 Å². The Morgan fingerprint density at radius 3 is 2.49 bits per heavy atom. The summed E-state index contributed by atoms with van der Waals surface area (Å²) in [6, 6.07) is 21.6. The van der Waals surface area contributed by atoms with Crippen molar-refractivity contribution in [3.05, 3.63) is 94.5 Å². The summed E-state index contributed by atoms with van der Waals surface area (Å²) in [6.07, 6.45) is 1.80. The Hall–Kier alpha value is -3.97. The molecule has 1 N–H and O–H groups in total. The minimum Gasteiger partial charge on any atom is -0.452 e. The van der Waals surface area contributed by atoms with E-state index in [1.807, 2.05) is 18.2 Å². The molecule has 3 fully saturated rings. The van der Waals surface area contributed by atoms with Crippen LogP contribution in [0.3, 0.4) is 0 Å². The predicted molar refractivity (Wildman–Crippen MR) is 146 cm³/mol. The lowest BCUT2D eigenvalue weighted by Gasteiger charge is -2.28. The smallest absolute Gasteiger partial charge is 0.338 e. The zero-order valence-corrected chi connectivity index (χ0v) is 22.1. The van der Waals surface area contributed by atoms with Gasteiger partial charge >= 0.3 is 5.97 Å². The predicted octanol–water partition coefficient (Wildman–Crippen LogP) is 5.37. The molecule has 0 radical (unpaired) electrons. The monoisotopic (exact) mass is 542 g/mol. The molecule has 0 spiro atoms. The van der Waals surface area contributed by atoms with Crippen molar-refractivity contribution in [1.29, 1.82) is 0 Å². The molecule has 1 aliphatic heterocycles. The first kappa shape index (κ1) is 25.3. The fraction of sp³-hybridized carbons (Fsp3) is 0.290. The van der Waals surface area contributed by atoms with Crippen LogP contribution in [0.4, 0.5) is 11.4 Å².